The number of rotatable bonds is 3. The van der Waals surface area contributed by atoms with Crippen molar-refractivity contribution in [2.45, 2.75) is 51.6 Å². The lowest BCUT2D eigenvalue weighted by Crippen LogP contribution is -2.40. The molecule has 1 heterocycles. The maximum absolute atomic E-state index is 14.5. The van der Waals surface area contributed by atoms with E-state index >= 15 is 0 Å². The molecule has 0 atom stereocenters. The second-order valence-corrected chi connectivity index (χ2v) is 6.59. The summed E-state index contributed by atoms with van der Waals surface area (Å²) < 4.78 is 16.0. The number of nitrogens with zero attached hydrogens (tertiary/aromatic N) is 2. The number of carbonyl (C=O) groups is 1. The minimum atomic E-state index is -0.459. The molecule has 1 aromatic heterocycles. The zero-order valence-electron chi connectivity index (χ0n) is 14.1. The van der Waals surface area contributed by atoms with Crippen LogP contribution in [0.1, 0.15) is 47.4 Å². The van der Waals surface area contributed by atoms with Crippen LogP contribution in [-0.2, 0) is 0 Å². The molecular weight excluding hydrogens is 307 g/mol. The van der Waals surface area contributed by atoms with E-state index in [2.05, 4.69) is 10.4 Å². The maximum atomic E-state index is 14.5. The topological polar surface area (TPSA) is 72.9 Å². The first kappa shape index (κ1) is 16.6. The molecule has 1 aliphatic rings. The van der Waals surface area contributed by atoms with Crippen LogP contribution in [0.25, 0.3) is 5.69 Å². The SMILES string of the molecule is Cc1cc(C)n(-c2ccc(C(=O)NC3CCC(N)CC3)cc2F)n1. The zero-order chi connectivity index (χ0) is 17.3. The van der Waals surface area contributed by atoms with Gasteiger partial charge in [0.15, 0.2) is 0 Å². The molecule has 1 saturated carbocycles. The van der Waals surface area contributed by atoms with E-state index < -0.39 is 5.82 Å². The van der Waals surface area contributed by atoms with Gasteiger partial charge in [0, 0.05) is 23.3 Å². The van der Waals surface area contributed by atoms with E-state index in [1.165, 1.54) is 6.07 Å². The highest BCUT2D eigenvalue weighted by Crippen LogP contribution is 2.20. The number of aryl methyl sites for hydroxylation is 2. The highest BCUT2D eigenvalue weighted by molar-refractivity contribution is 5.94. The summed E-state index contributed by atoms with van der Waals surface area (Å²) in [4.78, 5) is 12.3. The van der Waals surface area contributed by atoms with Gasteiger partial charge in [0.1, 0.15) is 11.5 Å². The molecule has 3 rings (SSSR count). The van der Waals surface area contributed by atoms with E-state index in [-0.39, 0.29) is 18.0 Å². The lowest BCUT2D eigenvalue weighted by atomic mass is 9.91. The van der Waals surface area contributed by atoms with E-state index in [9.17, 15) is 9.18 Å². The van der Waals surface area contributed by atoms with Crippen molar-refractivity contribution in [3.05, 3.63) is 47.0 Å². The molecule has 0 aliphatic heterocycles. The number of nitrogens with two attached hydrogens (primary N) is 1. The average Bonchev–Trinajstić information content (AvgIpc) is 2.88. The molecule has 128 valence electrons. The fraction of sp³-hybridized carbons (Fsp3) is 0.444. The van der Waals surface area contributed by atoms with Gasteiger partial charge in [-0.25, -0.2) is 9.07 Å². The first-order valence-corrected chi connectivity index (χ1v) is 8.33. The van der Waals surface area contributed by atoms with Crippen LogP contribution in [-0.4, -0.2) is 27.8 Å². The summed E-state index contributed by atoms with van der Waals surface area (Å²) in [5.41, 5.74) is 8.22. The first-order valence-electron chi connectivity index (χ1n) is 8.33. The minimum Gasteiger partial charge on any atom is -0.349 e. The van der Waals surface area contributed by atoms with Crippen molar-refractivity contribution in [2.75, 3.05) is 0 Å². The van der Waals surface area contributed by atoms with Gasteiger partial charge in [-0.2, -0.15) is 5.10 Å². The summed E-state index contributed by atoms with van der Waals surface area (Å²) in [6.45, 7) is 3.73. The standard InChI is InChI=1S/C18H23FN4O/c1-11-9-12(2)23(22-11)17-8-3-13(10-16(17)19)18(24)21-15-6-4-14(20)5-7-15/h3,8-10,14-15H,4-7,20H2,1-2H3,(H,21,24). The van der Waals surface area contributed by atoms with Crippen molar-refractivity contribution in [3.63, 3.8) is 0 Å². The number of hydrogen-bond acceptors (Lipinski definition) is 3. The van der Waals surface area contributed by atoms with E-state index in [0.29, 0.717) is 11.3 Å². The molecule has 0 unspecified atom stereocenters. The van der Waals surface area contributed by atoms with E-state index in [0.717, 1.165) is 37.1 Å². The highest BCUT2D eigenvalue weighted by Gasteiger charge is 2.21. The molecule has 0 spiro atoms. The fourth-order valence-corrected chi connectivity index (χ4v) is 3.22. The molecule has 6 heteroatoms. The van der Waals surface area contributed by atoms with Crippen molar-refractivity contribution >= 4 is 5.91 Å². The average molecular weight is 330 g/mol. The summed E-state index contributed by atoms with van der Waals surface area (Å²) in [6, 6.07) is 6.75. The van der Waals surface area contributed by atoms with E-state index in [1.807, 2.05) is 19.9 Å². The smallest absolute Gasteiger partial charge is 0.251 e. The van der Waals surface area contributed by atoms with Gasteiger partial charge in [0.05, 0.1) is 5.69 Å². The van der Waals surface area contributed by atoms with Crippen LogP contribution in [0.3, 0.4) is 0 Å². The van der Waals surface area contributed by atoms with Crippen molar-refractivity contribution in [1.82, 2.24) is 15.1 Å². The van der Waals surface area contributed by atoms with Crippen molar-refractivity contribution in [1.29, 1.82) is 0 Å². The molecule has 2 aromatic rings. The van der Waals surface area contributed by atoms with E-state index in [1.54, 1.807) is 16.8 Å². The maximum Gasteiger partial charge on any atom is 0.251 e. The molecule has 1 fully saturated rings. The third-order valence-corrected chi connectivity index (χ3v) is 4.55. The molecule has 1 aliphatic carbocycles. The Balaban J connectivity index is 1.74. The summed E-state index contributed by atoms with van der Waals surface area (Å²) in [5, 5.41) is 7.25. The zero-order valence-corrected chi connectivity index (χ0v) is 14.1. The number of aromatic nitrogens is 2. The molecule has 24 heavy (non-hydrogen) atoms. The van der Waals surface area contributed by atoms with Crippen LogP contribution in [0.5, 0.6) is 0 Å². The van der Waals surface area contributed by atoms with Crippen molar-refractivity contribution in [3.8, 4) is 5.69 Å². The highest BCUT2D eigenvalue weighted by atomic mass is 19.1. The lowest BCUT2D eigenvalue weighted by molar-refractivity contribution is 0.0925. The number of nitrogens with one attached hydrogen (secondary N) is 1. The van der Waals surface area contributed by atoms with Gasteiger partial charge in [0.2, 0.25) is 0 Å². The normalized spacial score (nSPS) is 20.8. The third-order valence-electron chi connectivity index (χ3n) is 4.55. The molecule has 0 radical (unpaired) electrons. The molecule has 3 N–H and O–H groups in total. The number of carbonyl (C=O) groups excluding carboxylic acids is 1. The Hall–Kier alpha value is -2.21. The Kier molecular flexibility index (Phi) is 4.66. The molecule has 0 bridgehead atoms. The van der Waals surface area contributed by atoms with Gasteiger partial charge >= 0.3 is 0 Å². The van der Waals surface area contributed by atoms with Gasteiger partial charge < -0.3 is 11.1 Å². The van der Waals surface area contributed by atoms with Crippen molar-refractivity contribution < 1.29 is 9.18 Å². The van der Waals surface area contributed by atoms with Gasteiger partial charge in [0.25, 0.3) is 5.91 Å². The third kappa shape index (κ3) is 3.48. The Morgan fingerprint density at radius 3 is 2.54 bits per heavy atom. The molecule has 1 aromatic carbocycles. The van der Waals surface area contributed by atoms with Crippen LogP contribution >= 0.6 is 0 Å². The molecule has 5 nitrogen and oxygen atoms in total. The number of halogens is 1. The van der Waals surface area contributed by atoms with E-state index in [4.69, 9.17) is 5.73 Å². The molecule has 1 amide bonds. The van der Waals surface area contributed by atoms with Crippen LogP contribution in [0.15, 0.2) is 24.3 Å². The van der Waals surface area contributed by atoms with Crippen LogP contribution in [0, 0.1) is 19.7 Å². The lowest BCUT2D eigenvalue weighted by Gasteiger charge is -2.26. The predicted octanol–water partition coefficient (Wildman–Crippen LogP) is 2.63. The van der Waals surface area contributed by atoms with Gasteiger partial charge in [-0.05, 0) is 63.8 Å². The quantitative estimate of drug-likeness (QED) is 0.908. The Morgan fingerprint density at radius 2 is 1.96 bits per heavy atom. The Morgan fingerprint density at radius 1 is 1.25 bits per heavy atom. The number of benzene rings is 1. The van der Waals surface area contributed by atoms with Gasteiger partial charge in [-0.3, -0.25) is 4.79 Å². The van der Waals surface area contributed by atoms with Crippen LogP contribution in [0.4, 0.5) is 4.39 Å². The summed E-state index contributed by atoms with van der Waals surface area (Å²) in [5.74, 6) is -0.700. The second-order valence-electron chi connectivity index (χ2n) is 6.59. The monoisotopic (exact) mass is 330 g/mol. The number of hydrogen-bond donors (Lipinski definition) is 2. The Bertz CT molecular complexity index is 747. The fourth-order valence-electron chi connectivity index (χ4n) is 3.22. The van der Waals surface area contributed by atoms with Crippen molar-refractivity contribution in [2.24, 2.45) is 5.73 Å². The molecule has 0 saturated heterocycles. The Labute approximate surface area is 141 Å². The first-order chi connectivity index (χ1) is 11.4. The van der Waals surface area contributed by atoms with Gasteiger partial charge in [-0.15, -0.1) is 0 Å². The number of amides is 1. The molecular formula is C18H23FN4O. The largest absolute Gasteiger partial charge is 0.349 e. The summed E-state index contributed by atoms with van der Waals surface area (Å²) in [7, 11) is 0. The summed E-state index contributed by atoms with van der Waals surface area (Å²) >= 11 is 0. The minimum absolute atomic E-state index is 0.121. The van der Waals surface area contributed by atoms with Crippen LogP contribution in [0.2, 0.25) is 0 Å². The predicted molar refractivity (Wildman–Crippen MR) is 90.7 cm³/mol. The second kappa shape index (κ2) is 6.73. The summed E-state index contributed by atoms with van der Waals surface area (Å²) in [6.07, 6.45) is 3.57. The van der Waals surface area contributed by atoms with Gasteiger partial charge in [-0.1, -0.05) is 0 Å². The van der Waals surface area contributed by atoms with Crippen LogP contribution < -0.4 is 11.1 Å².